The van der Waals surface area contributed by atoms with Crippen molar-refractivity contribution in [1.82, 2.24) is 9.55 Å². The van der Waals surface area contributed by atoms with Gasteiger partial charge in [0, 0.05) is 23.8 Å². The van der Waals surface area contributed by atoms with Gasteiger partial charge in [-0.3, -0.25) is 9.36 Å². The number of nitrogens with one attached hydrogen (secondary N) is 1. The summed E-state index contributed by atoms with van der Waals surface area (Å²) in [5.41, 5.74) is 1.84. The monoisotopic (exact) mass is 309 g/mol. The molecule has 1 aromatic heterocycles. The van der Waals surface area contributed by atoms with E-state index in [1.807, 2.05) is 71.4 Å². The van der Waals surface area contributed by atoms with Crippen LogP contribution in [0.3, 0.4) is 0 Å². The van der Waals surface area contributed by atoms with Gasteiger partial charge in [-0.05, 0) is 24.3 Å². The fourth-order valence-electron chi connectivity index (χ4n) is 2.03. The van der Waals surface area contributed by atoms with Crippen molar-refractivity contribution in [1.29, 1.82) is 0 Å². The van der Waals surface area contributed by atoms with Crippen LogP contribution < -0.4 is 5.32 Å². The zero-order chi connectivity index (χ0) is 15.2. The first kappa shape index (κ1) is 14.4. The van der Waals surface area contributed by atoms with Gasteiger partial charge in [0.05, 0.1) is 5.75 Å². The van der Waals surface area contributed by atoms with Crippen molar-refractivity contribution in [3.63, 3.8) is 0 Å². The van der Waals surface area contributed by atoms with E-state index in [9.17, 15) is 4.79 Å². The second kappa shape index (κ2) is 6.95. The first-order chi connectivity index (χ1) is 10.8. The van der Waals surface area contributed by atoms with Gasteiger partial charge in [-0.1, -0.05) is 48.2 Å². The molecular weight excluding hydrogens is 294 g/mol. The molecular formula is C17H15N3OS. The van der Waals surface area contributed by atoms with E-state index >= 15 is 0 Å². The topological polar surface area (TPSA) is 46.9 Å². The van der Waals surface area contributed by atoms with E-state index in [1.165, 1.54) is 11.8 Å². The van der Waals surface area contributed by atoms with E-state index in [2.05, 4.69) is 10.3 Å². The van der Waals surface area contributed by atoms with Gasteiger partial charge in [0.15, 0.2) is 5.16 Å². The Morgan fingerprint density at radius 2 is 1.73 bits per heavy atom. The highest BCUT2D eigenvalue weighted by atomic mass is 32.2. The van der Waals surface area contributed by atoms with Crippen molar-refractivity contribution < 1.29 is 4.79 Å². The van der Waals surface area contributed by atoms with Crippen LogP contribution in [0.1, 0.15) is 0 Å². The van der Waals surface area contributed by atoms with Crippen LogP contribution in [-0.4, -0.2) is 21.2 Å². The van der Waals surface area contributed by atoms with Gasteiger partial charge in [-0.2, -0.15) is 0 Å². The van der Waals surface area contributed by atoms with Crippen molar-refractivity contribution in [2.45, 2.75) is 5.16 Å². The Morgan fingerprint density at radius 3 is 2.45 bits per heavy atom. The maximum absolute atomic E-state index is 12.0. The van der Waals surface area contributed by atoms with Crippen molar-refractivity contribution >= 4 is 23.4 Å². The molecule has 0 fully saturated rings. The fourth-order valence-corrected chi connectivity index (χ4v) is 2.80. The average Bonchev–Trinajstić information content (AvgIpc) is 3.03. The summed E-state index contributed by atoms with van der Waals surface area (Å²) < 4.78 is 1.97. The van der Waals surface area contributed by atoms with Crippen LogP contribution in [0.25, 0.3) is 5.69 Å². The number of amides is 1. The van der Waals surface area contributed by atoms with Crippen molar-refractivity contribution in [3.05, 3.63) is 73.1 Å². The lowest BCUT2D eigenvalue weighted by molar-refractivity contribution is -0.113. The standard InChI is InChI=1S/C17H15N3OS/c21-16(19-14-7-3-1-4-8-14)13-22-17-18-11-12-20(17)15-9-5-2-6-10-15/h1-12H,13H2,(H,19,21). The number of carbonyl (C=O) groups excluding carboxylic acids is 1. The quantitative estimate of drug-likeness (QED) is 0.733. The summed E-state index contributed by atoms with van der Waals surface area (Å²) in [6.07, 6.45) is 3.64. The second-order valence-corrected chi connectivity index (χ2v) is 5.56. The molecule has 0 aliphatic rings. The zero-order valence-corrected chi connectivity index (χ0v) is 12.7. The number of hydrogen-bond acceptors (Lipinski definition) is 3. The van der Waals surface area contributed by atoms with Gasteiger partial charge in [0.25, 0.3) is 0 Å². The summed E-state index contributed by atoms with van der Waals surface area (Å²) in [5.74, 6) is 0.275. The number of para-hydroxylation sites is 2. The fraction of sp³-hybridized carbons (Fsp3) is 0.0588. The van der Waals surface area contributed by atoms with Crippen molar-refractivity contribution in [2.24, 2.45) is 0 Å². The van der Waals surface area contributed by atoms with Gasteiger partial charge in [-0.25, -0.2) is 4.98 Å². The third kappa shape index (κ3) is 3.56. The highest BCUT2D eigenvalue weighted by Crippen LogP contribution is 2.20. The largest absolute Gasteiger partial charge is 0.325 e. The van der Waals surface area contributed by atoms with Gasteiger partial charge >= 0.3 is 0 Å². The molecule has 0 aliphatic heterocycles. The minimum atomic E-state index is -0.0428. The molecule has 3 aromatic rings. The van der Waals surface area contributed by atoms with Crippen LogP contribution in [0, 0.1) is 0 Å². The number of aromatic nitrogens is 2. The summed E-state index contributed by atoms with van der Waals surface area (Å²) in [6, 6.07) is 19.4. The smallest absolute Gasteiger partial charge is 0.234 e. The second-order valence-electron chi connectivity index (χ2n) is 4.62. The van der Waals surface area contributed by atoms with Crippen LogP contribution in [-0.2, 0) is 4.79 Å². The molecule has 3 rings (SSSR count). The van der Waals surface area contributed by atoms with E-state index in [0.29, 0.717) is 5.75 Å². The number of thioether (sulfide) groups is 1. The average molecular weight is 309 g/mol. The number of anilines is 1. The normalized spacial score (nSPS) is 10.4. The number of hydrogen-bond donors (Lipinski definition) is 1. The third-order valence-corrected chi connectivity index (χ3v) is 4.00. The van der Waals surface area contributed by atoms with Gasteiger partial charge in [0.1, 0.15) is 0 Å². The number of imidazole rings is 1. The van der Waals surface area contributed by atoms with Crippen LogP contribution in [0.2, 0.25) is 0 Å². The SMILES string of the molecule is O=C(CSc1nccn1-c1ccccc1)Nc1ccccc1. The molecule has 0 aliphatic carbocycles. The molecule has 0 bridgehead atoms. The molecule has 0 saturated heterocycles. The van der Waals surface area contributed by atoms with Crippen LogP contribution in [0.15, 0.2) is 78.2 Å². The summed E-state index contributed by atoms with van der Waals surface area (Å²) in [5, 5.41) is 3.67. The molecule has 2 aromatic carbocycles. The molecule has 22 heavy (non-hydrogen) atoms. The molecule has 110 valence electrons. The molecule has 1 heterocycles. The first-order valence-corrected chi connectivity index (χ1v) is 7.88. The molecule has 0 spiro atoms. The van der Waals surface area contributed by atoms with Gasteiger partial charge < -0.3 is 5.32 Å². The van der Waals surface area contributed by atoms with E-state index < -0.39 is 0 Å². The Labute approximate surface area is 133 Å². The highest BCUT2D eigenvalue weighted by Gasteiger charge is 2.09. The predicted octanol–water partition coefficient (Wildman–Crippen LogP) is 3.60. The van der Waals surface area contributed by atoms with Gasteiger partial charge in [-0.15, -0.1) is 0 Å². The summed E-state index contributed by atoms with van der Waals surface area (Å²) >= 11 is 1.42. The lowest BCUT2D eigenvalue weighted by Crippen LogP contribution is -2.14. The molecule has 0 atom stereocenters. The predicted molar refractivity (Wildman–Crippen MR) is 89.4 cm³/mol. The Kier molecular flexibility index (Phi) is 4.56. The molecule has 1 N–H and O–H groups in total. The van der Waals surface area contributed by atoms with Crippen molar-refractivity contribution in [2.75, 3.05) is 11.1 Å². The number of nitrogens with zero attached hydrogens (tertiary/aromatic N) is 2. The summed E-state index contributed by atoms with van der Waals surface area (Å²) in [7, 11) is 0. The lowest BCUT2D eigenvalue weighted by atomic mass is 10.3. The van der Waals surface area contributed by atoms with E-state index in [4.69, 9.17) is 0 Å². The summed E-state index contributed by atoms with van der Waals surface area (Å²) in [4.78, 5) is 16.3. The molecule has 4 nitrogen and oxygen atoms in total. The minimum Gasteiger partial charge on any atom is -0.325 e. The lowest BCUT2D eigenvalue weighted by Gasteiger charge is -2.07. The van der Waals surface area contributed by atoms with Crippen LogP contribution in [0.5, 0.6) is 0 Å². The van der Waals surface area contributed by atoms with E-state index in [1.54, 1.807) is 6.20 Å². The molecule has 0 radical (unpaired) electrons. The molecule has 0 saturated carbocycles. The zero-order valence-electron chi connectivity index (χ0n) is 11.8. The minimum absolute atomic E-state index is 0.0428. The van der Waals surface area contributed by atoms with E-state index in [0.717, 1.165) is 16.5 Å². The molecule has 0 unspecified atom stereocenters. The highest BCUT2D eigenvalue weighted by molar-refractivity contribution is 7.99. The Balaban J connectivity index is 1.63. The maximum atomic E-state index is 12.0. The third-order valence-electron chi connectivity index (χ3n) is 3.03. The number of benzene rings is 2. The first-order valence-electron chi connectivity index (χ1n) is 6.89. The summed E-state index contributed by atoms with van der Waals surface area (Å²) in [6.45, 7) is 0. The molecule has 5 heteroatoms. The number of rotatable bonds is 5. The van der Waals surface area contributed by atoms with E-state index in [-0.39, 0.29) is 5.91 Å². The maximum Gasteiger partial charge on any atom is 0.234 e. The Morgan fingerprint density at radius 1 is 1.05 bits per heavy atom. The van der Waals surface area contributed by atoms with Crippen molar-refractivity contribution in [3.8, 4) is 5.69 Å². The Hall–Kier alpha value is -2.53. The Bertz CT molecular complexity index is 741. The van der Waals surface area contributed by atoms with Crippen LogP contribution in [0.4, 0.5) is 5.69 Å². The van der Waals surface area contributed by atoms with Gasteiger partial charge in [0.2, 0.25) is 5.91 Å². The number of carbonyl (C=O) groups is 1. The van der Waals surface area contributed by atoms with Crippen LogP contribution >= 0.6 is 11.8 Å². The molecule has 1 amide bonds.